The minimum atomic E-state index is 0.657. The van der Waals surface area contributed by atoms with Gasteiger partial charge in [-0.2, -0.15) is 0 Å². The number of nitrogens with two attached hydrogens (primary N) is 1. The van der Waals surface area contributed by atoms with Crippen LogP contribution in [0.25, 0.3) is 0 Å². The van der Waals surface area contributed by atoms with Gasteiger partial charge in [0.05, 0.1) is 5.01 Å². The number of thiazole rings is 1. The van der Waals surface area contributed by atoms with Gasteiger partial charge in [-0.15, -0.1) is 11.3 Å². The lowest BCUT2D eigenvalue weighted by Crippen LogP contribution is -2.38. The van der Waals surface area contributed by atoms with E-state index in [0.29, 0.717) is 5.92 Å². The van der Waals surface area contributed by atoms with Crippen molar-refractivity contribution in [1.82, 2.24) is 9.99 Å². The van der Waals surface area contributed by atoms with Gasteiger partial charge in [0.25, 0.3) is 0 Å². The number of hydrogen-bond acceptors (Lipinski definition) is 4. The SMILES string of the molecule is NN1CCC(c2nccs2)CC1. The van der Waals surface area contributed by atoms with Gasteiger partial charge >= 0.3 is 0 Å². The van der Waals surface area contributed by atoms with E-state index in [9.17, 15) is 0 Å². The van der Waals surface area contributed by atoms with E-state index in [1.54, 1.807) is 11.3 Å². The number of aromatic nitrogens is 1. The molecule has 1 aromatic rings. The van der Waals surface area contributed by atoms with E-state index in [1.807, 2.05) is 16.6 Å². The quantitative estimate of drug-likeness (QED) is 0.665. The zero-order valence-electron chi connectivity index (χ0n) is 6.94. The largest absolute Gasteiger partial charge is 0.269 e. The summed E-state index contributed by atoms with van der Waals surface area (Å²) in [5.41, 5.74) is 0. The summed E-state index contributed by atoms with van der Waals surface area (Å²) >= 11 is 1.76. The first kappa shape index (κ1) is 8.16. The molecular formula is C8H13N3S. The van der Waals surface area contributed by atoms with Gasteiger partial charge in [-0.25, -0.2) is 9.99 Å². The van der Waals surface area contributed by atoms with Gasteiger partial charge in [0.2, 0.25) is 0 Å². The predicted octanol–water partition coefficient (Wildman–Crippen LogP) is 1.20. The minimum Gasteiger partial charge on any atom is -0.269 e. The molecule has 1 aromatic heterocycles. The van der Waals surface area contributed by atoms with E-state index in [0.717, 1.165) is 25.9 Å². The van der Waals surface area contributed by atoms with Gasteiger partial charge in [0.15, 0.2) is 0 Å². The van der Waals surface area contributed by atoms with Crippen LogP contribution in [0.4, 0.5) is 0 Å². The summed E-state index contributed by atoms with van der Waals surface area (Å²) in [6, 6.07) is 0. The van der Waals surface area contributed by atoms with Crippen LogP contribution in [-0.4, -0.2) is 23.1 Å². The molecule has 1 fully saturated rings. The summed E-state index contributed by atoms with van der Waals surface area (Å²) in [6.45, 7) is 2.01. The van der Waals surface area contributed by atoms with Crippen LogP contribution in [0.3, 0.4) is 0 Å². The number of piperidine rings is 1. The first-order valence-electron chi connectivity index (χ1n) is 4.25. The molecule has 2 rings (SSSR count). The summed E-state index contributed by atoms with van der Waals surface area (Å²) in [7, 11) is 0. The van der Waals surface area contributed by atoms with Gasteiger partial charge < -0.3 is 0 Å². The lowest BCUT2D eigenvalue weighted by Gasteiger charge is -2.26. The molecule has 2 N–H and O–H groups in total. The molecule has 3 nitrogen and oxygen atoms in total. The van der Waals surface area contributed by atoms with E-state index in [1.165, 1.54) is 5.01 Å². The number of nitrogens with zero attached hydrogens (tertiary/aromatic N) is 2. The fourth-order valence-corrected chi connectivity index (χ4v) is 2.39. The molecule has 0 spiro atoms. The molecular weight excluding hydrogens is 170 g/mol. The summed E-state index contributed by atoms with van der Waals surface area (Å²) in [4.78, 5) is 4.32. The molecule has 0 unspecified atom stereocenters. The van der Waals surface area contributed by atoms with Crippen molar-refractivity contribution < 1.29 is 0 Å². The molecule has 4 heteroatoms. The maximum Gasteiger partial charge on any atom is 0.0956 e. The zero-order valence-corrected chi connectivity index (χ0v) is 7.76. The topological polar surface area (TPSA) is 42.1 Å². The van der Waals surface area contributed by atoms with Crippen molar-refractivity contribution in [3.05, 3.63) is 16.6 Å². The first-order valence-corrected chi connectivity index (χ1v) is 5.13. The highest BCUT2D eigenvalue weighted by atomic mass is 32.1. The van der Waals surface area contributed by atoms with Crippen molar-refractivity contribution in [3.63, 3.8) is 0 Å². The second kappa shape index (κ2) is 3.51. The molecule has 1 aliphatic rings. The van der Waals surface area contributed by atoms with Crippen LogP contribution in [-0.2, 0) is 0 Å². The highest BCUT2D eigenvalue weighted by Crippen LogP contribution is 2.27. The average molecular weight is 183 g/mol. The Morgan fingerprint density at radius 2 is 2.25 bits per heavy atom. The van der Waals surface area contributed by atoms with Crippen LogP contribution >= 0.6 is 11.3 Å². The molecule has 0 atom stereocenters. The Bertz CT molecular complexity index is 226. The molecule has 0 amide bonds. The molecule has 12 heavy (non-hydrogen) atoms. The Balaban J connectivity index is 1.99. The molecule has 0 aromatic carbocycles. The zero-order chi connectivity index (χ0) is 8.39. The highest BCUT2D eigenvalue weighted by Gasteiger charge is 2.19. The van der Waals surface area contributed by atoms with Crippen molar-refractivity contribution in [2.75, 3.05) is 13.1 Å². The maximum atomic E-state index is 5.67. The highest BCUT2D eigenvalue weighted by molar-refractivity contribution is 7.09. The minimum absolute atomic E-state index is 0.657. The molecule has 0 radical (unpaired) electrons. The second-order valence-electron chi connectivity index (χ2n) is 3.18. The Morgan fingerprint density at radius 1 is 1.50 bits per heavy atom. The Labute approximate surface area is 76.2 Å². The predicted molar refractivity (Wildman–Crippen MR) is 49.8 cm³/mol. The molecule has 66 valence electrons. The van der Waals surface area contributed by atoms with Crippen LogP contribution in [0.2, 0.25) is 0 Å². The van der Waals surface area contributed by atoms with Gasteiger partial charge in [-0.3, -0.25) is 5.84 Å². The van der Waals surface area contributed by atoms with E-state index in [-0.39, 0.29) is 0 Å². The Morgan fingerprint density at radius 3 is 2.83 bits per heavy atom. The van der Waals surface area contributed by atoms with E-state index in [4.69, 9.17) is 5.84 Å². The number of rotatable bonds is 1. The van der Waals surface area contributed by atoms with Crippen molar-refractivity contribution in [3.8, 4) is 0 Å². The molecule has 1 saturated heterocycles. The summed E-state index contributed by atoms with van der Waals surface area (Å²) in [6.07, 6.45) is 4.20. The monoisotopic (exact) mass is 183 g/mol. The van der Waals surface area contributed by atoms with Crippen molar-refractivity contribution in [1.29, 1.82) is 0 Å². The smallest absolute Gasteiger partial charge is 0.0956 e. The van der Waals surface area contributed by atoms with E-state index >= 15 is 0 Å². The van der Waals surface area contributed by atoms with Crippen molar-refractivity contribution in [2.24, 2.45) is 5.84 Å². The maximum absolute atomic E-state index is 5.67. The Kier molecular flexibility index (Phi) is 2.39. The fraction of sp³-hybridized carbons (Fsp3) is 0.625. The van der Waals surface area contributed by atoms with E-state index < -0.39 is 0 Å². The molecule has 0 saturated carbocycles. The molecule has 0 bridgehead atoms. The summed E-state index contributed by atoms with van der Waals surface area (Å²) in [5, 5.41) is 5.22. The third kappa shape index (κ3) is 1.65. The molecule has 1 aliphatic heterocycles. The van der Waals surface area contributed by atoms with Crippen LogP contribution in [0.5, 0.6) is 0 Å². The van der Waals surface area contributed by atoms with Crippen molar-refractivity contribution >= 4 is 11.3 Å². The lowest BCUT2D eigenvalue weighted by molar-refractivity contribution is 0.217. The summed E-state index contributed by atoms with van der Waals surface area (Å²) < 4.78 is 0. The number of hydrazine groups is 1. The molecule has 0 aliphatic carbocycles. The van der Waals surface area contributed by atoms with Crippen molar-refractivity contribution in [2.45, 2.75) is 18.8 Å². The second-order valence-corrected chi connectivity index (χ2v) is 4.11. The molecule has 2 heterocycles. The fourth-order valence-electron chi connectivity index (χ4n) is 1.58. The Hall–Kier alpha value is -0.450. The standard InChI is InChI=1S/C8H13N3S/c9-11-4-1-7(2-5-11)8-10-3-6-12-8/h3,6-7H,1-2,4-5,9H2. The van der Waals surface area contributed by atoms with Gasteiger partial charge in [-0.1, -0.05) is 0 Å². The van der Waals surface area contributed by atoms with Gasteiger partial charge in [0.1, 0.15) is 0 Å². The van der Waals surface area contributed by atoms with Crippen LogP contribution in [0, 0.1) is 0 Å². The van der Waals surface area contributed by atoms with Gasteiger partial charge in [-0.05, 0) is 12.8 Å². The van der Waals surface area contributed by atoms with Gasteiger partial charge in [0, 0.05) is 30.6 Å². The van der Waals surface area contributed by atoms with Crippen LogP contribution in [0.15, 0.2) is 11.6 Å². The first-order chi connectivity index (χ1) is 5.86. The van der Waals surface area contributed by atoms with Crippen LogP contribution in [0.1, 0.15) is 23.8 Å². The number of hydrogen-bond donors (Lipinski definition) is 1. The third-order valence-corrected chi connectivity index (χ3v) is 3.27. The third-order valence-electron chi connectivity index (χ3n) is 2.33. The lowest BCUT2D eigenvalue weighted by atomic mass is 9.99. The van der Waals surface area contributed by atoms with E-state index in [2.05, 4.69) is 4.98 Å². The normalized spacial score (nSPS) is 21.4. The average Bonchev–Trinajstić information content (AvgIpc) is 2.58. The van der Waals surface area contributed by atoms with Crippen LogP contribution < -0.4 is 5.84 Å². The summed E-state index contributed by atoms with van der Waals surface area (Å²) in [5.74, 6) is 6.32.